The lowest BCUT2D eigenvalue weighted by atomic mass is 10.1. The first-order valence-corrected chi connectivity index (χ1v) is 6.30. The van der Waals surface area contributed by atoms with Gasteiger partial charge in [-0.2, -0.15) is 5.10 Å². The Bertz CT molecular complexity index is 288. The van der Waals surface area contributed by atoms with Crippen molar-refractivity contribution in [3.8, 4) is 0 Å². The molecular weight excluding hydrogens is 232 g/mol. The van der Waals surface area contributed by atoms with Crippen molar-refractivity contribution in [2.75, 3.05) is 0 Å². The number of nitrogens with zero attached hydrogens (tertiary/aromatic N) is 1. The Morgan fingerprint density at radius 2 is 1.78 bits per heavy atom. The summed E-state index contributed by atoms with van der Waals surface area (Å²) in [5, 5.41) is 12.2. The zero-order chi connectivity index (χ0) is 13.6. The number of amides is 1. The third-order valence-corrected chi connectivity index (χ3v) is 2.32. The quantitative estimate of drug-likeness (QED) is 0.257. The zero-order valence-corrected chi connectivity index (χ0v) is 10.7. The van der Waals surface area contributed by atoms with Crippen LogP contribution in [-0.4, -0.2) is 23.2 Å². The normalized spacial score (nSPS) is 10.4. The van der Waals surface area contributed by atoms with Crippen LogP contribution in [0.15, 0.2) is 17.8 Å². The summed E-state index contributed by atoms with van der Waals surface area (Å²) in [6.07, 6.45) is 8.90. The van der Waals surface area contributed by atoms with Gasteiger partial charge in [0.25, 0.3) is 0 Å². The summed E-state index contributed by atoms with van der Waals surface area (Å²) in [7, 11) is 0. The number of carbonyl (C=O) groups excluding carboxylic acids is 1. The fourth-order valence-corrected chi connectivity index (χ4v) is 1.35. The highest BCUT2D eigenvalue weighted by Gasteiger charge is 2.00. The molecule has 5 heteroatoms. The molecule has 0 atom stereocenters. The summed E-state index contributed by atoms with van der Waals surface area (Å²) in [4.78, 5) is 21.5. The minimum Gasteiger partial charge on any atom is -0.481 e. The minimum absolute atomic E-state index is 0.0944. The highest BCUT2D eigenvalue weighted by molar-refractivity contribution is 5.76. The first-order chi connectivity index (χ1) is 8.66. The molecule has 0 radical (unpaired) electrons. The van der Waals surface area contributed by atoms with Crippen LogP contribution in [0.1, 0.15) is 51.4 Å². The Morgan fingerprint density at radius 3 is 2.39 bits per heavy atom. The topological polar surface area (TPSA) is 78.8 Å². The first-order valence-electron chi connectivity index (χ1n) is 6.30. The molecule has 5 nitrogen and oxygen atoms in total. The molecule has 1 amide bonds. The fourth-order valence-electron chi connectivity index (χ4n) is 1.35. The molecule has 0 aliphatic carbocycles. The third kappa shape index (κ3) is 12.4. The number of nitrogens with one attached hydrogen (secondary N) is 1. The molecule has 2 N–H and O–H groups in total. The number of hydrazone groups is 1. The van der Waals surface area contributed by atoms with Gasteiger partial charge in [0, 0.05) is 19.1 Å². The number of allylic oxidation sites excluding steroid dienone is 1. The van der Waals surface area contributed by atoms with Crippen molar-refractivity contribution in [1.82, 2.24) is 5.43 Å². The predicted molar refractivity (Wildman–Crippen MR) is 71.4 cm³/mol. The van der Waals surface area contributed by atoms with E-state index in [0.29, 0.717) is 12.8 Å². The van der Waals surface area contributed by atoms with Crippen molar-refractivity contribution in [3.05, 3.63) is 12.7 Å². The van der Waals surface area contributed by atoms with Crippen LogP contribution in [0.3, 0.4) is 0 Å². The molecule has 18 heavy (non-hydrogen) atoms. The Balaban J connectivity index is 3.34. The average Bonchev–Trinajstić information content (AvgIpc) is 2.33. The number of carbonyl (C=O) groups is 2. The Hall–Kier alpha value is -1.65. The van der Waals surface area contributed by atoms with E-state index in [2.05, 4.69) is 17.1 Å². The Kier molecular flexibility index (Phi) is 10.7. The molecule has 0 aliphatic heterocycles. The second-order valence-electron chi connectivity index (χ2n) is 4.02. The van der Waals surface area contributed by atoms with Crippen LogP contribution in [0.4, 0.5) is 0 Å². The van der Waals surface area contributed by atoms with E-state index in [9.17, 15) is 9.59 Å². The van der Waals surface area contributed by atoms with Gasteiger partial charge in [-0.05, 0) is 25.7 Å². The van der Waals surface area contributed by atoms with Crippen LogP contribution < -0.4 is 5.43 Å². The number of hydrogen-bond acceptors (Lipinski definition) is 3. The van der Waals surface area contributed by atoms with E-state index in [1.807, 2.05) is 0 Å². The van der Waals surface area contributed by atoms with E-state index in [1.165, 1.54) is 0 Å². The van der Waals surface area contributed by atoms with Crippen molar-refractivity contribution in [3.63, 3.8) is 0 Å². The summed E-state index contributed by atoms with van der Waals surface area (Å²) in [5.74, 6) is -0.857. The SMILES string of the molecule is C=CCC/C=N/NC(=O)CCCCCCC(=O)O. The number of aliphatic carboxylic acids is 1. The van der Waals surface area contributed by atoms with E-state index in [0.717, 1.165) is 32.1 Å². The molecule has 0 rings (SSSR count). The van der Waals surface area contributed by atoms with Crippen LogP contribution >= 0.6 is 0 Å². The van der Waals surface area contributed by atoms with Crippen LogP contribution in [0.2, 0.25) is 0 Å². The van der Waals surface area contributed by atoms with Gasteiger partial charge in [-0.1, -0.05) is 18.9 Å². The van der Waals surface area contributed by atoms with Gasteiger partial charge in [-0.3, -0.25) is 9.59 Å². The second-order valence-corrected chi connectivity index (χ2v) is 4.02. The number of carboxylic acid groups (broad SMARTS) is 1. The van der Waals surface area contributed by atoms with E-state index < -0.39 is 5.97 Å². The molecule has 0 aromatic carbocycles. The zero-order valence-electron chi connectivity index (χ0n) is 10.7. The Morgan fingerprint density at radius 1 is 1.11 bits per heavy atom. The van der Waals surface area contributed by atoms with Gasteiger partial charge in [0.15, 0.2) is 0 Å². The highest BCUT2D eigenvalue weighted by atomic mass is 16.4. The molecule has 0 heterocycles. The van der Waals surface area contributed by atoms with Gasteiger partial charge in [-0.25, -0.2) is 5.43 Å². The summed E-state index contributed by atoms with van der Waals surface area (Å²) in [5.41, 5.74) is 2.45. The lowest BCUT2D eigenvalue weighted by molar-refractivity contribution is -0.137. The molecule has 0 unspecified atom stereocenters. The lowest BCUT2D eigenvalue weighted by Crippen LogP contribution is -2.16. The van der Waals surface area contributed by atoms with Crippen molar-refractivity contribution in [2.24, 2.45) is 5.10 Å². The molecule has 0 aromatic heterocycles. The third-order valence-electron chi connectivity index (χ3n) is 2.32. The van der Waals surface area contributed by atoms with E-state index in [-0.39, 0.29) is 12.3 Å². The van der Waals surface area contributed by atoms with Gasteiger partial charge in [-0.15, -0.1) is 6.58 Å². The molecule has 0 aliphatic rings. The number of carboxylic acids is 1. The van der Waals surface area contributed by atoms with Gasteiger partial charge in [0.2, 0.25) is 5.91 Å². The maximum absolute atomic E-state index is 11.3. The number of rotatable bonds is 11. The average molecular weight is 254 g/mol. The van der Waals surface area contributed by atoms with Crippen LogP contribution in [0, 0.1) is 0 Å². The molecule has 0 saturated carbocycles. The molecule has 0 saturated heterocycles. The minimum atomic E-state index is -0.762. The fraction of sp³-hybridized carbons (Fsp3) is 0.615. The summed E-state index contributed by atoms with van der Waals surface area (Å²) in [6, 6.07) is 0. The van der Waals surface area contributed by atoms with Crippen LogP contribution in [-0.2, 0) is 9.59 Å². The number of hydrogen-bond donors (Lipinski definition) is 2. The van der Waals surface area contributed by atoms with E-state index in [4.69, 9.17) is 5.11 Å². The predicted octanol–water partition coefficient (Wildman–Crippen LogP) is 2.48. The smallest absolute Gasteiger partial charge is 0.303 e. The molecule has 102 valence electrons. The summed E-state index contributed by atoms with van der Waals surface area (Å²) >= 11 is 0. The van der Waals surface area contributed by atoms with E-state index >= 15 is 0 Å². The standard InChI is InChI=1S/C13H22N2O3/c1-2-3-8-11-14-15-12(16)9-6-4-5-7-10-13(17)18/h2,11H,1,3-10H2,(H,15,16)(H,17,18)/b14-11+. The second kappa shape index (κ2) is 11.8. The van der Waals surface area contributed by atoms with Crippen LogP contribution in [0.5, 0.6) is 0 Å². The van der Waals surface area contributed by atoms with Gasteiger partial charge in [0.1, 0.15) is 0 Å². The number of unbranched alkanes of at least 4 members (excludes halogenated alkanes) is 4. The maximum atomic E-state index is 11.3. The maximum Gasteiger partial charge on any atom is 0.303 e. The van der Waals surface area contributed by atoms with E-state index in [1.54, 1.807) is 12.3 Å². The summed E-state index contributed by atoms with van der Waals surface area (Å²) in [6.45, 7) is 3.58. The molecule has 0 bridgehead atoms. The largest absolute Gasteiger partial charge is 0.481 e. The molecular formula is C13H22N2O3. The van der Waals surface area contributed by atoms with Crippen LogP contribution in [0.25, 0.3) is 0 Å². The van der Waals surface area contributed by atoms with Gasteiger partial charge in [0.05, 0.1) is 0 Å². The van der Waals surface area contributed by atoms with Gasteiger partial charge < -0.3 is 5.11 Å². The summed E-state index contributed by atoms with van der Waals surface area (Å²) < 4.78 is 0. The highest BCUT2D eigenvalue weighted by Crippen LogP contribution is 2.05. The first kappa shape index (κ1) is 16.4. The van der Waals surface area contributed by atoms with Gasteiger partial charge >= 0.3 is 5.97 Å². The lowest BCUT2D eigenvalue weighted by Gasteiger charge is -2.00. The van der Waals surface area contributed by atoms with Crippen molar-refractivity contribution >= 4 is 18.1 Å². The van der Waals surface area contributed by atoms with Crippen molar-refractivity contribution in [2.45, 2.75) is 51.4 Å². The Labute approximate surface area is 108 Å². The molecule has 0 fully saturated rings. The molecule has 0 spiro atoms. The monoisotopic (exact) mass is 254 g/mol. The van der Waals surface area contributed by atoms with Crippen molar-refractivity contribution < 1.29 is 14.7 Å². The molecule has 0 aromatic rings. The van der Waals surface area contributed by atoms with Crippen molar-refractivity contribution in [1.29, 1.82) is 0 Å².